The molecular formula is C26H30F3N3O7. The predicted molar refractivity (Wildman–Crippen MR) is 128 cm³/mol. The van der Waals surface area contributed by atoms with Crippen LogP contribution in [0.4, 0.5) is 13.2 Å². The Hall–Kier alpha value is -3.16. The fraction of sp³-hybridized carbons (Fsp3) is 0.577. The number of hydrogen-bond donors (Lipinski definition) is 4. The summed E-state index contributed by atoms with van der Waals surface area (Å²) < 4.78 is 43.1. The molecule has 10 nitrogen and oxygen atoms in total. The number of primary amides is 1. The second-order valence-electron chi connectivity index (χ2n) is 10.7. The summed E-state index contributed by atoms with van der Waals surface area (Å²) in [6.07, 6.45) is -5.05. The van der Waals surface area contributed by atoms with E-state index in [4.69, 9.17) is 5.73 Å². The first-order valence-electron chi connectivity index (χ1n) is 12.6. The van der Waals surface area contributed by atoms with Crippen molar-refractivity contribution in [2.45, 2.75) is 50.6 Å². The summed E-state index contributed by atoms with van der Waals surface area (Å²) in [4.78, 5) is 67.0. The number of aliphatic hydroxyl groups is 1. The smallest absolute Gasteiger partial charge is 0.417 e. The van der Waals surface area contributed by atoms with Crippen molar-refractivity contribution in [2.24, 2.45) is 29.4 Å². The van der Waals surface area contributed by atoms with Gasteiger partial charge in [0.05, 0.1) is 23.1 Å². The minimum Gasteiger partial charge on any atom is -0.507 e. The number of nitrogens with two attached hydrogens (primary N) is 1. The Kier molecular flexibility index (Phi) is 7.24. The molecule has 0 saturated heterocycles. The van der Waals surface area contributed by atoms with Crippen molar-refractivity contribution in [1.29, 1.82) is 0 Å². The normalized spacial score (nSPS) is 30.7. The molecule has 6 atom stereocenters. The van der Waals surface area contributed by atoms with Crippen molar-refractivity contribution >= 4 is 29.0 Å². The lowest BCUT2D eigenvalue weighted by Crippen LogP contribution is -2.74. The maximum atomic E-state index is 14.4. The van der Waals surface area contributed by atoms with E-state index in [1.54, 1.807) is 0 Å². The number of nitrogens with zero attached hydrogens (tertiary/aromatic N) is 1. The number of ketones is 4. The largest absolute Gasteiger partial charge is 0.507 e. The van der Waals surface area contributed by atoms with Gasteiger partial charge in [-0.3, -0.25) is 28.9 Å². The van der Waals surface area contributed by atoms with Gasteiger partial charge in [-0.25, -0.2) is 0 Å². The molecule has 1 amide bonds. The molecule has 0 aromatic heterocycles. The summed E-state index contributed by atoms with van der Waals surface area (Å²) in [7, 11) is 2.84. The zero-order chi connectivity index (χ0) is 29.2. The number of alkyl halides is 3. The van der Waals surface area contributed by atoms with Crippen LogP contribution in [-0.2, 0) is 38.3 Å². The fourth-order valence-corrected chi connectivity index (χ4v) is 6.64. The molecule has 13 heteroatoms. The number of phenolic OH excluding ortho intramolecular Hbond substituents is 1. The van der Waals surface area contributed by atoms with Crippen LogP contribution in [0.1, 0.15) is 46.8 Å². The molecule has 0 heterocycles. The van der Waals surface area contributed by atoms with Crippen molar-refractivity contribution in [2.75, 3.05) is 20.6 Å². The van der Waals surface area contributed by atoms with E-state index in [1.165, 1.54) is 19.0 Å². The Morgan fingerprint density at radius 2 is 1.85 bits per heavy atom. The highest BCUT2D eigenvalue weighted by Gasteiger charge is 2.69. The lowest BCUT2D eigenvalue weighted by atomic mass is 9.52. The molecular weight excluding hydrogens is 523 g/mol. The summed E-state index contributed by atoms with van der Waals surface area (Å²) in [6, 6.07) is -0.505. The van der Waals surface area contributed by atoms with Crippen molar-refractivity contribution in [3.8, 4) is 5.75 Å². The highest BCUT2D eigenvalue weighted by atomic mass is 19.4. The molecule has 0 bridgehead atoms. The number of rotatable bonds is 6. The number of aromatic hydroxyl groups is 1. The summed E-state index contributed by atoms with van der Waals surface area (Å²) in [5.41, 5.74) is -0.193. The van der Waals surface area contributed by atoms with Gasteiger partial charge in [0.1, 0.15) is 5.75 Å². The van der Waals surface area contributed by atoms with Gasteiger partial charge in [-0.05, 0) is 63.0 Å². The molecule has 212 valence electrons. The van der Waals surface area contributed by atoms with Crippen LogP contribution in [0.25, 0.3) is 0 Å². The molecule has 2 fully saturated rings. The number of amides is 1. The third-order valence-electron chi connectivity index (χ3n) is 8.17. The summed E-state index contributed by atoms with van der Waals surface area (Å²) in [5, 5.41) is 25.0. The molecule has 2 unspecified atom stereocenters. The van der Waals surface area contributed by atoms with Crippen molar-refractivity contribution in [1.82, 2.24) is 10.2 Å². The Balaban J connectivity index is 1.88. The third-order valence-corrected chi connectivity index (χ3v) is 8.17. The van der Waals surface area contributed by atoms with Gasteiger partial charge in [0.15, 0.2) is 34.7 Å². The van der Waals surface area contributed by atoms with E-state index in [0.717, 1.165) is 6.07 Å². The number of nitrogens with one attached hydrogen (secondary N) is 1. The SMILES string of the molecule is CCCNCc1cc(O)c2c(c1C(F)(F)F)C[C@H]1C[C@H]3[C@H](N(C)C)C(=O)C(C(N)=O)C(=O)[C@@]3(O)C(=O)C1C2=O. The maximum absolute atomic E-state index is 14.4. The number of fused-ring (bicyclic) bond motifs is 3. The second kappa shape index (κ2) is 9.79. The summed E-state index contributed by atoms with van der Waals surface area (Å²) in [6.45, 7) is 2.01. The second-order valence-corrected chi connectivity index (χ2v) is 10.7. The Morgan fingerprint density at radius 3 is 2.38 bits per heavy atom. The van der Waals surface area contributed by atoms with Crippen LogP contribution in [0.5, 0.6) is 5.75 Å². The van der Waals surface area contributed by atoms with Gasteiger partial charge in [0, 0.05) is 12.5 Å². The lowest BCUT2D eigenvalue weighted by molar-refractivity contribution is -0.181. The summed E-state index contributed by atoms with van der Waals surface area (Å²) in [5.74, 6) is -13.4. The van der Waals surface area contributed by atoms with Crippen LogP contribution in [0, 0.1) is 23.7 Å². The predicted octanol–water partition coefficient (Wildman–Crippen LogP) is 0.385. The number of benzene rings is 1. The van der Waals surface area contributed by atoms with Crippen LogP contribution >= 0.6 is 0 Å². The molecule has 0 aliphatic heterocycles. The van der Waals surface area contributed by atoms with Gasteiger partial charge in [-0.15, -0.1) is 0 Å². The van der Waals surface area contributed by atoms with Crippen LogP contribution in [-0.4, -0.2) is 76.4 Å². The Morgan fingerprint density at radius 1 is 1.21 bits per heavy atom. The van der Waals surface area contributed by atoms with E-state index in [2.05, 4.69) is 5.32 Å². The van der Waals surface area contributed by atoms with Gasteiger partial charge in [0.25, 0.3) is 0 Å². The third kappa shape index (κ3) is 4.27. The Labute approximate surface area is 221 Å². The molecule has 39 heavy (non-hydrogen) atoms. The van der Waals surface area contributed by atoms with Crippen molar-refractivity contribution in [3.63, 3.8) is 0 Å². The number of likely N-dealkylation sites (N-methyl/N-ethyl adjacent to an activating group) is 1. The molecule has 4 rings (SSSR count). The molecule has 3 aliphatic rings. The first kappa shape index (κ1) is 28.8. The molecule has 2 saturated carbocycles. The van der Waals surface area contributed by atoms with Crippen LogP contribution in [0.2, 0.25) is 0 Å². The first-order valence-corrected chi connectivity index (χ1v) is 12.6. The van der Waals surface area contributed by atoms with Gasteiger partial charge in [0.2, 0.25) is 5.91 Å². The number of hydrogen-bond acceptors (Lipinski definition) is 9. The number of carbonyl (C=O) groups excluding carboxylic acids is 5. The van der Waals surface area contributed by atoms with Gasteiger partial charge in [-0.1, -0.05) is 6.92 Å². The van der Waals surface area contributed by atoms with Gasteiger partial charge < -0.3 is 21.3 Å². The van der Waals surface area contributed by atoms with Crippen LogP contribution in [0.15, 0.2) is 6.07 Å². The zero-order valence-electron chi connectivity index (χ0n) is 21.6. The molecule has 1 aromatic carbocycles. The monoisotopic (exact) mass is 553 g/mol. The molecule has 0 spiro atoms. The molecule has 5 N–H and O–H groups in total. The zero-order valence-corrected chi connectivity index (χ0v) is 21.6. The van der Waals surface area contributed by atoms with Gasteiger partial charge >= 0.3 is 6.18 Å². The van der Waals surface area contributed by atoms with Crippen LogP contribution < -0.4 is 11.1 Å². The highest BCUT2D eigenvalue weighted by Crippen LogP contribution is 2.52. The molecule has 3 aliphatic carbocycles. The summed E-state index contributed by atoms with van der Waals surface area (Å²) >= 11 is 0. The number of halogens is 3. The number of Topliss-reactive ketones (excluding diaryl/α,β-unsaturated/α-hetero) is 4. The average molecular weight is 554 g/mol. The average Bonchev–Trinajstić information content (AvgIpc) is 2.80. The highest BCUT2D eigenvalue weighted by molar-refractivity contribution is 6.32. The minimum absolute atomic E-state index is 0.229. The molecule has 0 radical (unpaired) electrons. The van der Waals surface area contributed by atoms with Gasteiger partial charge in [-0.2, -0.15) is 13.2 Å². The standard InChI is InChI=1S/C26H30F3N3O7/c1-4-5-31-9-11-8-14(33)16-12(18(11)26(27,28)29)6-10-7-13-19(32(2)3)21(35)17(24(30)38)23(37)25(13,39)22(36)15(10)20(16)34/h8,10,13,15,17,19,31,33,39H,4-7,9H2,1-3H3,(H2,30,38)/t10-,13-,15?,17?,19-,25-/m0/s1. The maximum Gasteiger partial charge on any atom is 0.417 e. The topological polar surface area (TPSA) is 167 Å². The number of carbonyl (C=O) groups is 5. The Bertz CT molecular complexity index is 1280. The van der Waals surface area contributed by atoms with Crippen molar-refractivity contribution < 1.29 is 47.4 Å². The number of phenols is 1. The lowest BCUT2D eigenvalue weighted by Gasteiger charge is -2.52. The fourth-order valence-electron chi connectivity index (χ4n) is 6.64. The van der Waals surface area contributed by atoms with E-state index in [1.807, 2.05) is 6.92 Å². The van der Waals surface area contributed by atoms with Crippen molar-refractivity contribution in [3.05, 3.63) is 28.3 Å². The quantitative estimate of drug-likeness (QED) is 0.288. The van der Waals surface area contributed by atoms with E-state index >= 15 is 0 Å². The first-order chi connectivity index (χ1) is 18.1. The van der Waals surface area contributed by atoms with E-state index in [-0.39, 0.29) is 18.5 Å². The molecule has 1 aromatic rings. The van der Waals surface area contributed by atoms with E-state index in [9.17, 15) is 47.4 Å². The minimum atomic E-state index is -4.90. The van der Waals surface area contributed by atoms with Crippen LogP contribution in [0.3, 0.4) is 0 Å². The van der Waals surface area contributed by atoms with E-state index in [0.29, 0.717) is 13.0 Å². The van der Waals surface area contributed by atoms with E-state index < -0.39 is 99.4 Å².